The SMILES string of the molecule is O=C(O)[C@@H]1CN(C(=O)CCCOCc2ccccc2)C[C@H]1C(F)(F)F. The minimum Gasteiger partial charge on any atom is -0.481 e. The number of amides is 1. The van der Waals surface area contributed by atoms with Gasteiger partial charge in [0.1, 0.15) is 0 Å². The van der Waals surface area contributed by atoms with Gasteiger partial charge in [-0.05, 0) is 12.0 Å². The number of ether oxygens (including phenoxy) is 1. The largest absolute Gasteiger partial charge is 0.481 e. The molecule has 1 N–H and O–H groups in total. The Morgan fingerprint density at radius 3 is 2.44 bits per heavy atom. The third-order valence-electron chi connectivity index (χ3n) is 4.20. The number of carbonyl (C=O) groups is 2. The first-order valence-corrected chi connectivity index (χ1v) is 7.98. The van der Waals surface area contributed by atoms with Crippen molar-refractivity contribution < 1.29 is 32.6 Å². The average molecular weight is 359 g/mol. The van der Waals surface area contributed by atoms with Crippen LogP contribution in [0.5, 0.6) is 0 Å². The van der Waals surface area contributed by atoms with E-state index < -0.39 is 43.0 Å². The van der Waals surface area contributed by atoms with Crippen LogP contribution in [0.25, 0.3) is 0 Å². The van der Waals surface area contributed by atoms with Crippen molar-refractivity contribution in [3.8, 4) is 0 Å². The summed E-state index contributed by atoms with van der Waals surface area (Å²) in [5.74, 6) is -5.60. The zero-order chi connectivity index (χ0) is 18.4. The van der Waals surface area contributed by atoms with Crippen molar-refractivity contribution in [1.29, 1.82) is 0 Å². The van der Waals surface area contributed by atoms with Gasteiger partial charge < -0.3 is 14.7 Å². The Morgan fingerprint density at radius 1 is 1.20 bits per heavy atom. The first-order chi connectivity index (χ1) is 11.8. The molecule has 1 aromatic carbocycles. The lowest BCUT2D eigenvalue weighted by molar-refractivity contribution is -0.188. The van der Waals surface area contributed by atoms with Gasteiger partial charge in [-0.1, -0.05) is 30.3 Å². The summed E-state index contributed by atoms with van der Waals surface area (Å²) in [6.45, 7) is -0.289. The van der Waals surface area contributed by atoms with E-state index in [2.05, 4.69) is 0 Å². The van der Waals surface area contributed by atoms with E-state index in [-0.39, 0.29) is 6.42 Å². The zero-order valence-corrected chi connectivity index (χ0v) is 13.5. The molecule has 1 aliphatic rings. The van der Waals surface area contributed by atoms with Crippen LogP contribution >= 0.6 is 0 Å². The van der Waals surface area contributed by atoms with Crippen molar-refractivity contribution >= 4 is 11.9 Å². The normalized spacial score (nSPS) is 20.7. The Bertz CT molecular complexity index is 591. The third kappa shape index (κ3) is 5.45. The van der Waals surface area contributed by atoms with E-state index in [4.69, 9.17) is 9.84 Å². The second kappa shape index (κ2) is 8.33. The van der Waals surface area contributed by atoms with Crippen LogP contribution in [-0.4, -0.2) is 47.8 Å². The van der Waals surface area contributed by atoms with Crippen molar-refractivity contribution in [3.63, 3.8) is 0 Å². The molecule has 1 saturated heterocycles. The molecule has 2 atom stereocenters. The van der Waals surface area contributed by atoms with E-state index >= 15 is 0 Å². The zero-order valence-electron chi connectivity index (χ0n) is 13.5. The molecule has 8 heteroatoms. The first-order valence-electron chi connectivity index (χ1n) is 7.98. The summed E-state index contributed by atoms with van der Waals surface area (Å²) in [4.78, 5) is 24.0. The molecule has 2 rings (SSSR count). The van der Waals surface area contributed by atoms with Gasteiger partial charge in [-0.15, -0.1) is 0 Å². The fraction of sp³-hybridized carbons (Fsp3) is 0.529. The summed E-state index contributed by atoms with van der Waals surface area (Å²) in [5.41, 5.74) is 0.991. The van der Waals surface area contributed by atoms with Gasteiger partial charge in [-0.3, -0.25) is 9.59 Å². The second-order valence-corrected chi connectivity index (χ2v) is 6.03. The Hall–Kier alpha value is -2.09. The first kappa shape index (κ1) is 19.2. The van der Waals surface area contributed by atoms with Gasteiger partial charge in [0.2, 0.25) is 5.91 Å². The van der Waals surface area contributed by atoms with Crippen LogP contribution in [0.4, 0.5) is 13.2 Å². The third-order valence-corrected chi connectivity index (χ3v) is 4.20. The molecule has 0 saturated carbocycles. The molecule has 1 aromatic rings. The summed E-state index contributed by atoms with van der Waals surface area (Å²) in [6, 6.07) is 9.45. The highest BCUT2D eigenvalue weighted by Gasteiger charge is 2.53. The highest BCUT2D eigenvalue weighted by molar-refractivity contribution is 5.79. The molecule has 0 unspecified atom stereocenters. The number of rotatable bonds is 7. The van der Waals surface area contributed by atoms with E-state index in [1.807, 2.05) is 30.3 Å². The molecule has 0 bridgehead atoms. The topological polar surface area (TPSA) is 66.8 Å². The van der Waals surface area contributed by atoms with E-state index in [9.17, 15) is 22.8 Å². The number of halogens is 3. The lowest BCUT2D eigenvalue weighted by Gasteiger charge is -2.18. The van der Waals surface area contributed by atoms with Crippen LogP contribution in [0.3, 0.4) is 0 Å². The smallest absolute Gasteiger partial charge is 0.394 e. The summed E-state index contributed by atoms with van der Waals surface area (Å²) in [7, 11) is 0. The highest BCUT2D eigenvalue weighted by atomic mass is 19.4. The number of carboxylic acids is 1. The predicted molar refractivity (Wildman–Crippen MR) is 82.6 cm³/mol. The molecule has 1 aliphatic heterocycles. The number of carbonyl (C=O) groups excluding carboxylic acids is 1. The van der Waals surface area contributed by atoms with Crippen LogP contribution in [0, 0.1) is 11.8 Å². The molecular weight excluding hydrogens is 339 g/mol. The minimum absolute atomic E-state index is 0.0334. The summed E-state index contributed by atoms with van der Waals surface area (Å²) in [5, 5.41) is 8.94. The summed E-state index contributed by atoms with van der Waals surface area (Å²) < 4.78 is 44.1. The van der Waals surface area contributed by atoms with Gasteiger partial charge in [0.15, 0.2) is 0 Å². The van der Waals surface area contributed by atoms with Gasteiger partial charge in [0.25, 0.3) is 0 Å². The number of benzene rings is 1. The molecule has 1 amide bonds. The van der Waals surface area contributed by atoms with Crippen molar-refractivity contribution in [2.24, 2.45) is 11.8 Å². The molecule has 1 heterocycles. The van der Waals surface area contributed by atoms with E-state index in [0.717, 1.165) is 10.5 Å². The fourth-order valence-electron chi connectivity index (χ4n) is 2.84. The predicted octanol–water partition coefficient (Wildman–Crippen LogP) is 2.70. The fourth-order valence-corrected chi connectivity index (χ4v) is 2.84. The molecule has 1 fully saturated rings. The maximum absolute atomic E-state index is 12.9. The molecule has 0 aromatic heterocycles. The van der Waals surface area contributed by atoms with Crippen LogP contribution < -0.4 is 0 Å². The van der Waals surface area contributed by atoms with Crippen LogP contribution in [0.1, 0.15) is 18.4 Å². The van der Waals surface area contributed by atoms with Crippen molar-refractivity contribution in [1.82, 2.24) is 4.90 Å². The van der Waals surface area contributed by atoms with Crippen LogP contribution in [0.15, 0.2) is 30.3 Å². The number of carboxylic acid groups (broad SMARTS) is 1. The van der Waals surface area contributed by atoms with Gasteiger partial charge in [0, 0.05) is 26.1 Å². The monoisotopic (exact) mass is 359 g/mol. The Balaban J connectivity index is 1.74. The van der Waals surface area contributed by atoms with Gasteiger partial charge in [-0.25, -0.2) is 0 Å². The summed E-state index contributed by atoms with van der Waals surface area (Å²) >= 11 is 0. The van der Waals surface area contributed by atoms with Gasteiger partial charge in [0.05, 0.1) is 18.4 Å². The van der Waals surface area contributed by atoms with E-state index in [1.165, 1.54) is 0 Å². The summed E-state index contributed by atoms with van der Waals surface area (Å²) in [6.07, 6.45) is -4.22. The molecule has 0 spiro atoms. The number of nitrogens with zero attached hydrogens (tertiary/aromatic N) is 1. The van der Waals surface area contributed by atoms with Crippen molar-refractivity contribution in [2.45, 2.75) is 25.6 Å². The number of alkyl halides is 3. The number of hydrogen-bond donors (Lipinski definition) is 1. The number of aliphatic carboxylic acids is 1. The second-order valence-electron chi connectivity index (χ2n) is 6.03. The highest BCUT2D eigenvalue weighted by Crippen LogP contribution is 2.37. The maximum atomic E-state index is 12.9. The molecule has 5 nitrogen and oxygen atoms in total. The van der Waals surface area contributed by atoms with Crippen LogP contribution in [0.2, 0.25) is 0 Å². The number of hydrogen-bond acceptors (Lipinski definition) is 3. The lowest BCUT2D eigenvalue weighted by atomic mass is 9.96. The number of likely N-dealkylation sites (tertiary alicyclic amines) is 1. The van der Waals surface area contributed by atoms with E-state index in [1.54, 1.807) is 0 Å². The van der Waals surface area contributed by atoms with Crippen LogP contribution in [-0.2, 0) is 20.9 Å². The maximum Gasteiger partial charge on any atom is 0.394 e. The van der Waals surface area contributed by atoms with Crippen molar-refractivity contribution in [2.75, 3.05) is 19.7 Å². The lowest BCUT2D eigenvalue weighted by Crippen LogP contribution is -2.34. The Labute approximate surface area is 143 Å². The molecule has 0 radical (unpaired) electrons. The quantitative estimate of drug-likeness (QED) is 0.760. The van der Waals surface area contributed by atoms with E-state index in [0.29, 0.717) is 19.6 Å². The molecule has 138 valence electrons. The van der Waals surface area contributed by atoms with Gasteiger partial charge in [-0.2, -0.15) is 13.2 Å². The average Bonchev–Trinajstić information content (AvgIpc) is 3.01. The Morgan fingerprint density at radius 2 is 1.88 bits per heavy atom. The Kier molecular flexibility index (Phi) is 6.41. The minimum atomic E-state index is -4.63. The standard InChI is InChI=1S/C17H20F3NO4/c18-17(19,20)14-10-21(9-13(14)16(23)24)15(22)7-4-8-25-11-12-5-2-1-3-6-12/h1-3,5-6,13-14H,4,7-11H2,(H,23,24)/t13-,14-/m1/s1. The molecular formula is C17H20F3NO4. The molecule has 25 heavy (non-hydrogen) atoms. The molecule has 0 aliphatic carbocycles. The van der Waals surface area contributed by atoms with Gasteiger partial charge >= 0.3 is 12.1 Å². The van der Waals surface area contributed by atoms with Crippen molar-refractivity contribution in [3.05, 3.63) is 35.9 Å².